The van der Waals surface area contributed by atoms with Gasteiger partial charge >= 0.3 is 0 Å². The van der Waals surface area contributed by atoms with Gasteiger partial charge in [-0.15, -0.1) is 0 Å². The molecule has 0 atom stereocenters. The molecule has 0 saturated heterocycles. The van der Waals surface area contributed by atoms with Crippen molar-refractivity contribution in [2.45, 2.75) is 20.8 Å². The Morgan fingerprint density at radius 3 is 2.27 bits per heavy atom. The molecule has 1 heterocycles. The highest BCUT2D eigenvalue weighted by Gasteiger charge is 2.14. The van der Waals surface area contributed by atoms with Crippen molar-refractivity contribution in [2.24, 2.45) is 0 Å². The number of carbonyl (C=O) groups excluding carboxylic acids is 2. The van der Waals surface area contributed by atoms with Crippen LogP contribution in [-0.4, -0.2) is 18.2 Å². The molecule has 0 fully saturated rings. The van der Waals surface area contributed by atoms with Crippen LogP contribution in [0.2, 0.25) is 0 Å². The zero-order chi connectivity index (χ0) is 8.85. The van der Waals surface area contributed by atoms with E-state index in [4.69, 9.17) is 0 Å². The molecule has 0 aromatic rings. The van der Waals surface area contributed by atoms with Crippen molar-refractivity contribution in [2.75, 3.05) is 6.54 Å². The van der Waals surface area contributed by atoms with Gasteiger partial charge in [0.15, 0.2) is 0 Å². The fourth-order valence-electron chi connectivity index (χ4n) is 0.647. The summed E-state index contributed by atoms with van der Waals surface area (Å²) in [5.41, 5.74) is 0.902. The van der Waals surface area contributed by atoms with Gasteiger partial charge in [0.05, 0.1) is 0 Å². The van der Waals surface area contributed by atoms with E-state index >= 15 is 0 Å². The lowest BCUT2D eigenvalue weighted by molar-refractivity contribution is -0.135. The minimum atomic E-state index is -0.499. The fourth-order valence-corrected chi connectivity index (χ4v) is 0.647. The highest BCUT2D eigenvalue weighted by atomic mass is 16.2. The molecule has 0 radical (unpaired) electrons. The lowest BCUT2D eigenvalue weighted by Gasteiger charge is -2.07. The molecule has 1 rings (SSSR count). The standard InChI is InChI=1S/C6H7NO2.C2H6/c1-4-2-5(8)6(9)7-3-4;1-2/h2H,3H2,1H3,(H,7,9);1-2H3. The van der Waals surface area contributed by atoms with Crippen molar-refractivity contribution in [3.05, 3.63) is 11.6 Å². The van der Waals surface area contributed by atoms with Crippen molar-refractivity contribution in [3.63, 3.8) is 0 Å². The topological polar surface area (TPSA) is 46.2 Å². The van der Waals surface area contributed by atoms with Crippen molar-refractivity contribution in [1.29, 1.82) is 0 Å². The molecule has 0 aromatic heterocycles. The third-order valence-corrected chi connectivity index (χ3v) is 1.13. The van der Waals surface area contributed by atoms with Gasteiger partial charge in [0.2, 0.25) is 5.78 Å². The van der Waals surface area contributed by atoms with Gasteiger partial charge in [-0.25, -0.2) is 0 Å². The molecule has 0 spiro atoms. The summed E-state index contributed by atoms with van der Waals surface area (Å²) >= 11 is 0. The van der Waals surface area contributed by atoms with Crippen LogP contribution in [-0.2, 0) is 9.59 Å². The average Bonchev–Trinajstić information content (AvgIpc) is 2.02. The van der Waals surface area contributed by atoms with Gasteiger partial charge in [-0.2, -0.15) is 0 Å². The van der Waals surface area contributed by atoms with E-state index in [0.717, 1.165) is 5.57 Å². The van der Waals surface area contributed by atoms with Crippen LogP contribution in [0, 0.1) is 0 Å². The van der Waals surface area contributed by atoms with Crippen LogP contribution in [0.25, 0.3) is 0 Å². The molecular formula is C8H13NO2. The van der Waals surface area contributed by atoms with E-state index in [1.54, 1.807) is 6.92 Å². The quantitative estimate of drug-likeness (QED) is 0.522. The van der Waals surface area contributed by atoms with Gasteiger partial charge < -0.3 is 5.32 Å². The molecule has 0 aromatic carbocycles. The Kier molecular flexibility index (Phi) is 4.18. The number of nitrogens with one attached hydrogen (secondary N) is 1. The third-order valence-electron chi connectivity index (χ3n) is 1.13. The number of hydrogen-bond acceptors (Lipinski definition) is 2. The Bertz CT molecular complexity index is 194. The van der Waals surface area contributed by atoms with Crippen LogP contribution in [0.4, 0.5) is 0 Å². The Morgan fingerprint density at radius 2 is 1.91 bits per heavy atom. The molecule has 1 amide bonds. The summed E-state index contributed by atoms with van der Waals surface area (Å²) in [6.45, 7) is 6.31. The second-order valence-electron chi connectivity index (χ2n) is 2.04. The van der Waals surface area contributed by atoms with Gasteiger partial charge in [0, 0.05) is 6.54 Å². The van der Waals surface area contributed by atoms with Crippen LogP contribution in [0.1, 0.15) is 20.8 Å². The van der Waals surface area contributed by atoms with Crippen molar-refractivity contribution >= 4 is 11.7 Å². The molecule has 0 saturated carbocycles. The first kappa shape index (κ1) is 9.88. The molecule has 1 N–H and O–H groups in total. The summed E-state index contributed by atoms with van der Waals surface area (Å²) in [5, 5.41) is 2.42. The lowest BCUT2D eigenvalue weighted by Crippen LogP contribution is -2.35. The second kappa shape index (κ2) is 4.66. The monoisotopic (exact) mass is 155 g/mol. The molecule has 0 unspecified atom stereocenters. The summed E-state index contributed by atoms with van der Waals surface area (Å²) in [7, 11) is 0. The Hall–Kier alpha value is -1.12. The van der Waals surface area contributed by atoms with Gasteiger partial charge in [-0.3, -0.25) is 9.59 Å². The maximum absolute atomic E-state index is 10.5. The Morgan fingerprint density at radius 1 is 1.36 bits per heavy atom. The largest absolute Gasteiger partial charge is 0.345 e. The highest BCUT2D eigenvalue weighted by molar-refractivity contribution is 6.41. The number of amides is 1. The van der Waals surface area contributed by atoms with E-state index in [1.807, 2.05) is 13.8 Å². The smallest absolute Gasteiger partial charge is 0.291 e. The van der Waals surface area contributed by atoms with Crippen molar-refractivity contribution in [3.8, 4) is 0 Å². The van der Waals surface area contributed by atoms with Crippen molar-refractivity contribution in [1.82, 2.24) is 5.32 Å². The first-order chi connectivity index (χ1) is 5.20. The number of hydrogen-bond donors (Lipinski definition) is 1. The summed E-state index contributed by atoms with van der Waals surface area (Å²) in [4.78, 5) is 21.0. The van der Waals surface area contributed by atoms with E-state index in [0.29, 0.717) is 6.54 Å². The van der Waals surface area contributed by atoms with Gasteiger partial charge in [0.1, 0.15) is 0 Å². The first-order valence-electron chi connectivity index (χ1n) is 3.69. The van der Waals surface area contributed by atoms with E-state index < -0.39 is 11.7 Å². The molecule has 62 valence electrons. The molecule has 0 aliphatic carbocycles. The van der Waals surface area contributed by atoms with E-state index in [-0.39, 0.29) is 0 Å². The minimum absolute atomic E-state index is 0.446. The number of ketones is 1. The predicted octanol–water partition coefficient (Wildman–Crippen LogP) is 0.658. The molecule has 1 aliphatic heterocycles. The van der Waals surface area contributed by atoms with Gasteiger partial charge in [-0.05, 0) is 13.0 Å². The van der Waals surface area contributed by atoms with Crippen LogP contribution < -0.4 is 5.32 Å². The second-order valence-corrected chi connectivity index (χ2v) is 2.04. The maximum Gasteiger partial charge on any atom is 0.291 e. The highest BCUT2D eigenvalue weighted by Crippen LogP contribution is 1.95. The zero-order valence-electron chi connectivity index (χ0n) is 7.10. The predicted molar refractivity (Wildman–Crippen MR) is 43.1 cm³/mol. The first-order valence-corrected chi connectivity index (χ1v) is 3.69. The van der Waals surface area contributed by atoms with E-state index in [9.17, 15) is 9.59 Å². The van der Waals surface area contributed by atoms with Crippen LogP contribution in [0.5, 0.6) is 0 Å². The average molecular weight is 155 g/mol. The zero-order valence-corrected chi connectivity index (χ0v) is 7.10. The van der Waals surface area contributed by atoms with Crippen LogP contribution in [0.3, 0.4) is 0 Å². The normalized spacial score (nSPS) is 16.1. The molecular weight excluding hydrogens is 142 g/mol. The summed E-state index contributed by atoms with van der Waals surface area (Å²) in [6, 6.07) is 0. The van der Waals surface area contributed by atoms with E-state index in [1.165, 1.54) is 6.08 Å². The van der Waals surface area contributed by atoms with Crippen molar-refractivity contribution < 1.29 is 9.59 Å². The Labute approximate surface area is 66.5 Å². The van der Waals surface area contributed by atoms with Gasteiger partial charge in [0.25, 0.3) is 5.91 Å². The number of rotatable bonds is 0. The molecule has 3 heteroatoms. The van der Waals surface area contributed by atoms with Gasteiger partial charge in [-0.1, -0.05) is 19.4 Å². The maximum atomic E-state index is 10.5. The van der Waals surface area contributed by atoms with Crippen LogP contribution >= 0.6 is 0 Å². The number of carbonyl (C=O) groups is 2. The fraction of sp³-hybridized carbons (Fsp3) is 0.500. The Balaban J connectivity index is 0.000000461. The lowest BCUT2D eigenvalue weighted by atomic mass is 10.1. The SMILES string of the molecule is CC.CC1=CC(=O)C(=O)NC1. The molecule has 3 nitrogen and oxygen atoms in total. The van der Waals surface area contributed by atoms with E-state index in [2.05, 4.69) is 5.32 Å². The summed E-state index contributed by atoms with van der Waals surface area (Å²) < 4.78 is 0. The van der Waals surface area contributed by atoms with Crippen LogP contribution in [0.15, 0.2) is 11.6 Å². The third kappa shape index (κ3) is 2.98. The molecule has 0 bridgehead atoms. The summed E-state index contributed by atoms with van der Waals surface area (Å²) in [5.74, 6) is -0.945. The minimum Gasteiger partial charge on any atom is -0.345 e. The molecule has 1 aliphatic rings. The molecule has 11 heavy (non-hydrogen) atoms. The summed E-state index contributed by atoms with van der Waals surface area (Å²) in [6.07, 6.45) is 1.36.